The summed E-state index contributed by atoms with van der Waals surface area (Å²) < 4.78 is 0. The number of H-pyrrole nitrogens is 1. The van der Waals surface area contributed by atoms with Crippen LogP contribution in [-0.2, 0) is 13.0 Å². The molecule has 2 aromatic heterocycles. The zero-order valence-electron chi connectivity index (χ0n) is 15.3. The Hall–Kier alpha value is -2.31. The van der Waals surface area contributed by atoms with E-state index in [2.05, 4.69) is 26.4 Å². The van der Waals surface area contributed by atoms with Gasteiger partial charge in [0, 0.05) is 78.7 Å². The van der Waals surface area contributed by atoms with E-state index < -0.39 is 0 Å². The number of amides is 1. The maximum Gasteiger partial charge on any atom is 0.251 e. The number of benzene rings is 1. The molecule has 3 heterocycles. The number of carbonyl (C=O) groups excluding carboxylic acids is 1. The van der Waals surface area contributed by atoms with Crippen LogP contribution in [0, 0.1) is 0 Å². The molecule has 0 unspecified atom stereocenters. The lowest BCUT2D eigenvalue weighted by atomic mass is 10.0. The number of hydrogen-bond donors (Lipinski definition) is 2. The van der Waals surface area contributed by atoms with Gasteiger partial charge in [-0.25, -0.2) is 0 Å². The number of pyridine rings is 1. The van der Waals surface area contributed by atoms with Crippen LogP contribution >= 0.6 is 11.8 Å². The number of nitrogens with zero attached hydrogens (tertiary/aromatic N) is 2. The lowest BCUT2D eigenvalue weighted by Crippen LogP contribution is -2.32. The first-order chi connectivity index (χ1) is 13.3. The molecule has 0 atom stereocenters. The van der Waals surface area contributed by atoms with E-state index in [0.717, 1.165) is 48.2 Å². The van der Waals surface area contributed by atoms with E-state index in [0.29, 0.717) is 6.54 Å². The van der Waals surface area contributed by atoms with Gasteiger partial charge in [-0.2, -0.15) is 11.8 Å². The van der Waals surface area contributed by atoms with Crippen LogP contribution in [0.2, 0.25) is 0 Å². The van der Waals surface area contributed by atoms with E-state index in [1.165, 1.54) is 17.1 Å². The third kappa shape index (κ3) is 4.34. The Labute approximate surface area is 163 Å². The molecule has 1 aromatic carbocycles. The molecule has 2 N–H and O–H groups in total. The van der Waals surface area contributed by atoms with Crippen molar-refractivity contribution in [2.75, 3.05) is 31.1 Å². The highest BCUT2D eigenvalue weighted by atomic mass is 32.2. The van der Waals surface area contributed by atoms with Crippen molar-refractivity contribution in [3.63, 3.8) is 0 Å². The van der Waals surface area contributed by atoms with Crippen molar-refractivity contribution in [1.82, 2.24) is 20.2 Å². The average Bonchev–Trinajstić information content (AvgIpc) is 3.12. The molecule has 0 aliphatic carbocycles. The zero-order chi connectivity index (χ0) is 18.5. The Morgan fingerprint density at radius 1 is 1.19 bits per heavy atom. The summed E-state index contributed by atoms with van der Waals surface area (Å²) in [6.07, 6.45) is 4.56. The van der Waals surface area contributed by atoms with Gasteiger partial charge in [-0.1, -0.05) is 12.1 Å². The Morgan fingerprint density at radius 3 is 2.89 bits per heavy atom. The molecule has 27 heavy (non-hydrogen) atoms. The van der Waals surface area contributed by atoms with E-state index in [1.807, 2.05) is 48.2 Å². The first kappa shape index (κ1) is 18.1. The van der Waals surface area contributed by atoms with Crippen molar-refractivity contribution in [2.24, 2.45) is 0 Å². The van der Waals surface area contributed by atoms with Gasteiger partial charge in [-0.05, 0) is 29.8 Å². The topological polar surface area (TPSA) is 61.0 Å². The summed E-state index contributed by atoms with van der Waals surface area (Å²) in [5, 5.41) is 4.10. The van der Waals surface area contributed by atoms with Gasteiger partial charge < -0.3 is 10.3 Å². The fraction of sp³-hybridized carbons (Fsp3) is 0.333. The summed E-state index contributed by atoms with van der Waals surface area (Å²) in [5.74, 6) is 2.35. The van der Waals surface area contributed by atoms with Gasteiger partial charge in [-0.15, -0.1) is 0 Å². The summed E-state index contributed by atoms with van der Waals surface area (Å²) in [4.78, 5) is 22.9. The summed E-state index contributed by atoms with van der Waals surface area (Å²) >= 11 is 2.01. The van der Waals surface area contributed by atoms with E-state index in [1.54, 1.807) is 6.20 Å². The van der Waals surface area contributed by atoms with Crippen molar-refractivity contribution in [3.8, 4) is 0 Å². The molecule has 140 valence electrons. The number of aromatic amines is 1. The largest absolute Gasteiger partial charge is 0.361 e. The number of carbonyl (C=O) groups is 1. The lowest BCUT2D eigenvalue weighted by Gasteiger charge is -2.26. The van der Waals surface area contributed by atoms with Gasteiger partial charge in [0.25, 0.3) is 5.91 Å². The molecule has 0 saturated carbocycles. The molecule has 3 aromatic rings. The number of rotatable bonds is 6. The molecule has 1 saturated heterocycles. The van der Waals surface area contributed by atoms with Crippen LogP contribution < -0.4 is 5.32 Å². The quantitative estimate of drug-likeness (QED) is 0.690. The Morgan fingerprint density at radius 2 is 2.07 bits per heavy atom. The molecule has 0 spiro atoms. The van der Waals surface area contributed by atoms with Crippen molar-refractivity contribution in [3.05, 3.63) is 65.6 Å². The summed E-state index contributed by atoms with van der Waals surface area (Å²) in [6.45, 7) is 3.68. The van der Waals surface area contributed by atoms with Crippen LogP contribution in [0.25, 0.3) is 10.9 Å². The number of thioether (sulfide) groups is 1. The molecule has 1 fully saturated rings. The van der Waals surface area contributed by atoms with E-state index >= 15 is 0 Å². The van der Waals surface area contributed by atoms with Gasteiger partial charge in [0.15, 0.2) is 0 Å². The van der Waals surface area contributed by atoms with Gasteiger partial charge in [-0.3, -0.25) is 14.7 Å². The highest BCUT2D eigenvalue weighted by Crippen LogP contribution is 2.25. The van der Waals surface area contributed by atoms with Crippen LogP contribution in [0.1, 0.15) is 21.6 Å². The number of aromatic nitrogens is 2. The molecule has 1 aliphatic heterocycles. The number of fused-ring (bicyclic) bond motifs is 1. The van der Waals surface area contributed by atoms with Gasteiger partial charge >= 0.3 is 0 Å². The van der Waals surface area contributed by atoms with E-state index in [-0.39, 0.29) is 5.91 Å². The monoisotopic (exact) mass is 380 g/mol. The fourth-order valence-corrected chi connectivity index (χ4v) is 4.49. The van der Waals surface area contributed by atoms with Crippen LogP contribution in [0.4, 0.5) is 0 Å². The minimum Gasteiger partial charge on any atom is -0.361 e. The molecule has 1 amide bonds. The summed E-state index contributed by atoms with van der Waals surface area (Å²) in [5.41, 5.74) is 3.96. The molecule has 1 aliphatic rings. The smallest absolute Gasteiger partial charge is 0.251 e. The normalized spacial score (nSPS) is 15.1. The molecule has 0 radical (unpaired) electrons. The van der Waals surface area contributed by atoms with Crippen molar-refractivity contribution in [2.45, 2.75) is 13.0 Å². The maximum atomic E-state index is 12.8. The van der Waals surface area contributed by atoms with E-state index in [4.69, 9.17) is 0 Å². The molecule has 5 nitrogen and oxygen atoms in total. The van der Waals surface area contributed by atoms with Gasteiger partial charge in [0.2, 0.25) is 0 Å². The van der Waals surface area contributed by atoms with Crippen molar-refractivity contribution in [1.29, 1.82) is 0 Å². The Kier molecular flexibility index (Phi) is 5.75. The SMILES string of the molecule is O=C(NCCc1ccccn1)c1cccc2[nH]cc(CN3CCSCC3)c12. The predicted molar refractivity (Wildman–Crippen MR) is 111 cm³/mol. The Balaban J connectivity index is 1.48. The highest BCUT2D eigenvalue weighted by Gasteiger charge is 2.17. The van der Waals surface area contributed by atoms with Gasteiger partial charge in [0.1, 0.15) is 0 Å². The van der Waals surface area contributed by atoms with Crippen molar-refractivity contribution < 1.29 is 4.79 Å². The third-order valence-electron chi connectivity index (χ3n) is 4.92. The summed E-state index contributed by atoms with van der Waals surface area (Å²) in [6, 6.07) is 11.7. The van der Waals surface area contributed by atoms with Crippen LogP contribution in [0.15, 0.2) is 48.8 Å². The zero-order valence-corrected chi connectivity index (χ0v) is 16.1. The van der Waals surface area contributed by atoms with Crippen LogP contribution in [0.5, 0.6) is 0 Å². The first-order valence-corrected chi connectivity index (χ1v) is 10.5. The fourth-order valence-electron chi connectivity index (χ4n) is 3.52. The Bertz CT molecular complexity index is 903. The summed E-state index contributed by atoms with van der Waals surface area (Å²) in [7, 11) is 0. The van der Waals surface area contributed by atoms with Crippen molar-refractivity contribution >= 4 is 28.6 Å². The second-order valence-electron chi connectivity index (χ2n) is 6.76. The molecule has 0 bridgehead atoms. The van der Waals surface area contributed by atoms with Gasteiger partial charge in [0.05, 0.1) is 0 Å². The number of nitrogens with one attached hydrogen (secondary N) is 2. The molecular weight excluding hydrogens is 356 g/mol. The minimum atomic E-state index is -0.0217. The highest BCUT2D eigenvalue weighted by molar-refractivity contribution is 7.99. The van der Waals surface area contributed by atoms with E-state index in [9.17, 15) is 4.79 Å². The van der Waals surface area contributed by atoms with Crippen LogP contribution in [0.3, 0.4) is 0 Å². The molecule has 6 heteroatoms. The number of hydrogen-bond acceptors (Lipinski definition) is 4. The molecular formula is C21H24N4OS. The second-order valence-corrected chi connectivity index (χ2v) is 7.98. The molecule has 4 rings (SSSR count). The minimum absolute atomic E-state index is 0.0217. The maximum absolute atomic E-state index is 12.8. The average molecular weight is 381 g/mol. The third-order valence-corrected chi connectivity index (χ3v) is 5.87. The lowest BCUT2D eigenvalue weighted by molar-refractivity contribution is 0.0955. The standard InChI is InChI=1S/C21H24N4OS/c26-21(23-9-7-17-4-1-2-8-22-17)18-5-3-6-19-20(18)16(14-24-19)15-25-10-12-27-13-11-25/h1-6,8,14,24H,7,9-13,15H2,(H,23,26). The second kappa shape index (κ2) is 8.59. The van der Waals surface area contributed by atoms with Crippen LogP contribution in [-0.4, -0.2) is 51.9 Å². The first-order valence-electron chi connectivity index (χ1n) is 9.38. The predicted octanol–water partition coefficient (Wildman–Crippen LogP) is 3.08.